The fraction of sp³-hybridized carbons (Fsp3) is 0. The first kappa shape index (κ1) is 8.20. The first-order valence-electron chi connectivity index (χ1n) is 2.70. The Morgan fingerprint density at radius 2 is 2.18 bits per heavy atom. The molecule has 60 valence electrons. The van der Waals surface area contributed by atoms with Gasteiger partial charge in [0.05, 0.1) is 6.26 Å². The molecule has 0 aromatic carbocycles. The molecular formula is C5H6NO4P. The smallest absolute Gasteiger partial charge is 0.361 e. The van der Waals surface area contributed by atoms with E-state index in [0.29, 0.717) is 0 Å². The van der Waals surface area contributed by atoms with E-state index >= 15 is 0 Å². The van der Waals surface area contributed by atoms with Gasteiger partial charge in [-0.3, -0.25) is 9.97 Å². The molecular weight excluding hydrogens is 169 g/mol. The second-order valence-electron chi connectivity index (χ2n) is 1.87. The van der Waals surface area contributed by atoms with Crippen molar-refractivity contribution in [1.82, 2.24) is 0 Å². The van der Waals surface area contributed by atoms with E-state index in [-0.39, 0.29) is 5.30 Å². The lowest BCUT2D eigenvalue weighted by Gasteiger charge is -2.00. The highest BCUT2D eigenvalue weighted by molar-refractivity contribution is 7.60. The van der Waals surface area contributed by atoms with E-state index in [1.807, 2.05) is 0 Å². The maximum atomic E-state index is 10.6. The summed E-state index contributed by atoms with van der Waals surface area (Å²) in [5.74, 6) is 0. The molecule has 0 bridgehead atoms. The molecule has 0 atom stereocenters. The van der Waals surface area contributed by atoms with Crippen LogP contribution < -0.4 is 10.9 Å². The lowest BCUT2D eigenvalue weighted by molar-refractivity contribution is 0.384. The van der Waals surface area contributed by atoms with E-state index in [1.54, 1.807) is 0 Å². The maximum absolute atomic E-state index is 10.6. The number of hydrogen-bond donors (Lipinski definition) is 3. The van der Waals surface area contributed by atoms with Crippen LogP contribution in [0.2, 0.25) is 0 Å². The van der Waals surface area contributed by atoms with Crippen LogP contribution in [0.4, 0.5) is 0 Å². The predicted molar refractivity (Wildman–Crippen MR) is 36.2 cm³/mol. The van der Waals surface area contributed by atoms with Gasteiger partial charge in [-0.05, 0) is 12.1 Å². The van der Waals surface area contributed by atoms with E-state index in [1.165, 1.54) is 12.3 Å². The normalized spacial score (nSPS) is 11.5. The third-order valence-electron chi connectivity index (χ3n) is 1.07. The molecule has 0 unspecified atom stereocenters. The molecule has 6 heteroatoms. The molecule has 0 aliphatic rings. The van der Waals surface area contributed by atoms with Crippen LogP contribution in [0.25, 0.3) is 0 Å². The Hall–Kier alpha value is -0.900. The number of rotatable bonds is 1. The van der Waals surface area contributed by atoms with Gasteiger partial charge in [-0.15, -0.1) is 0 Å². The first-order chi connectivity index (χ1) is 5.02. The molecule has 0 spiro atoms. The van der Waals surface area contributed by atoms with Gasteiger partial charge in [-0.2, -0.15) is 0 Å². The molecule has 0 aliphatic heterocycles. The number of nitrogens with one attached hydrogen (secondary N) is 1. The molecule has 0 fully saturated rings. The average molecular weight is 175 g/mol. The van der Waals surface area contributed by atoms with Gasteiger partial charge in [-0.25, -0.2) is 0 Å². The molecule has 1 rings (SSSR count). The van der Waals surface area contributed by atoms with Gasteiger partial charge in [0.1, 0.15) is 5.30 Å². The second kappa shape index (κ2) is 2.62. The maximum Gasteiger partial charge on any atom is 0.361 e. The topological polar surface area (TPSA) is 94.5 Å². The third kappa shape index (κ3) is 1.77. The Bertz CT molecular complexity index is 352. The van der Waals surface area contributed by atoms with Gasteiger partial charge in [0.15, 0.2) is 0 Å². The zero-order valence-electron chi connectivity index (χ0n) is 5.39. The van der Waals surface area contributed by atoms with E-state index in [4.69, 9.17) is 15.2 Å². The van der Waals surface area contributed by atoms with E-state index in [9.17, 15) is 4.57 Å². The minimum absolute atomic E-state index is 0.389. The van der Waals surface area contributed by atoms with Crippen LogP contribution in [0.1, 0.15) is 0 Å². The first-order valence-corrected chi connectivity index (χ1v) is 4.31. The summed E-state index contributed by atoms with van der Waals surface area (Å²) in [5.41, 5.74) is -0.499. The summed E-state index contributed by atoms with van der Waals surface area (Å²) in [6.07, 6.45) is 1.18. The van der Waals surface area contributed by atoms with Crippen LogP contribution in [0, 0.1) is 5.41 Å². The van der Waals surface area contributed by atoms with Gasteiger partial charge in [0.2, 0.25) is 5.55 Å². The Morgan fingerprint density at radius 3 is 2.55 bits per heavy atom. The molecule has 0 saturated heterocycles. The fourth-order valence-electron chi connectivity index (χ4n) is 0.603. The highest BCUT2D eigenvalue weighted by atomic mass is 31.2. The summed E-state index contributed by atoms with van der Waals surface area (Å²) < 4.78 is 15.0. The van der Waals surface area contributed by atoms with Crippen molar-refractivity contribution in [1.29, 1.82) is 5.41 Å². The number of hydrogen-bond acceptors (Lipinski definition) is 3. The largest absolute Gasteiger partial charge is 0.446 e. The highest BCUT2D eigenvalue weighted by Gasteiger charge is 2.19. The molecule has 11 heavy (non-hydrogen) atoms. The molecule has 0 radical (unpaired) electrons. The third-order valence-corrected chi connectivity index (χ3v) is 2.04. The van der Waals surface area contributed by atoms with E-state index in [2.05, 4.69) is 4.42 Å². The fourth-order valence-corrected chi connectivity index (χ4v) is 1.20. The van der Waals surface area contributed by atoms with Gasteiger partial charge >= 0.3 is 7.60 Å². The van der Waals surface area contributed by atoms with E-state index < -0.39 is 13.1 Å². The summed E-state index contributed by atoms with van der Waals surface area (Å²) >= 11 is 0. The minimum atomic E-state index is -4.34. The molecule has 0 aliphatic carbocycles. The Kier molecular flexibility index (Phi) is 1.95. The van der Waals surface area contributed by atoms with Gasteiger partial charge in [0.25, 0.3) is 0 Å². The summed E-state index contributed by atoms with van der Waals surface area (Å²) in [6, 6.07) is 2.49. The van der Waals surface area contributed by atoms with Crippen LogP contribution in [0.3, 0.4) is 0 Å². The minimum Gasteiger partial charge on any atom is -0.446 e. The Morgan fingerprint density at radius 1 is 1.55 bits per heavy atom. The van der Waals surface area contributed by atoms with Crippen molar-refractivity contribution in [3.8, 4) is 0 Å². The molecule has 1 heterocycles. The van der Waals surface area contributed by atoms with Crippen molar-refractivity contribution in [2.75, 3.05) is 0 Å². The van der Waals surface area contributed by atoms with Gasteiger partial charge < -0.3 is 14.2 Å². The van der Waals surface area contributed by atoms with Crippen molar-refractivity contribution in [2.45, 2.75) is 0 Å². The van der Waals surface area contributed by atoms with Crippen molar-refractivity contribution >= 4 is 12.9 Å². The van der Waals surface area contributed by atoms with Crippen molar-refractivity contribution in [2.24, 2.45) is 0 Å². The molecule has 0 saturated carbocycles. The van der Waals surface area contributed by atoms with Crippen LogP contribution in [0.5, 0.6) is 0 Å². The summed E-state index contributed by atoms with van der Waals surface area (Å²) in [6.45, 7) is 0. The lowest BCUT2D eigenvalue weighted by atomic mass is 10.5. The van der Waals surface area contributed by atoms with Gasteiger partial charge in [0, 0.05) is 0 Å². The standard InChI is InChI=1S/C5H6NO4P/c6-5-4(11(7,8)9)2-1-3-10-5/h1-3,6H,(H2,7,8,9). The molecule has 0 amide bonds. The van der Waals surface area contributed by atoms with Crippen LogP contribution >= 0.6 is 7.60 Å². The molecule has 1 aromatic heterocycles. The van der Waals surface area contributed by atoms with Crippen molar-refractivity contribution in [3.63, 3.8) is 0 Å². The van der Waals surface area contributed by atoms with Gasteiger partial charge in [-0.1, -0.05) is 0 Å². The van der Waals surface area contributed by atoms with Crippen LogP contribution in [-0.4, -0.2) is 9.79 Å². The average Bonchev–Trinajstić information content (AvgIpc) is 1.86. The summed E-state index contributed by atoms with van der Waals surface area (Å²) in [7, 11) is -4.34. The quantitative estimate of drug-likeness (QED) is 0.504. The molecule has 1 aromatic rings. The summed E-state index contributed by atoms with van der Waals surface area (Å²) in [5, 5.41) is 6.58. The second-order valence-corrected chi connectivity index (χ2v) is 3.44. The predicted octanol–water partition coefficient (Wildman–Crippen LogP) is -0.438. The Balaban J connectivity index is 3.37. The summed E-state index contributed by atoms with van der Waals surface area (Å²) in [4.78, 5) is 17.2. The zero-order chi connectivity index (χ0) is 8.48. The Labute approximate surface area is 62.0 Å². The lowest BCUT2D eigenvalue weighted by Crippen LogP contribution is -2.22. The molecule has 3 N–H and O–H groups in total. The van der Waals surface area contributed by atoms with E-state index in [0.717, 1.165) is 6.07 Å². The zero-order valence-corrected chi connectivity index (χ0v) is 6.28. The van der Waals surface area contributed by atoms with Crippen molar-refractivity contribution in [3.05, 3.63) is 23.9 Å². The van der Waals surface area contributed by atoms with Crippen molar-refractivity contribution < 1.29 is 18.8 Å². The monoisotopic (exact) mass is 175 g/mol. The molecule has 5 nitrogen and oxygen atoms in total. The highest BCUT2D eigenvalue weighted by Crippen LogP contribution is 2.30. The van der Waals surface area contributed by atoms with Crippen LogP contribution in [0.15, 0.2) is 22.8 Å². The van der Waals surface area contributed by atoms with Crippen LogP contribution in [-0.2, 0) is 4.57 Å². The SMILES string of the molecule is N=c1occcc1P(=O)(O)O.